The van der Waals surface area contributed by atoms with Crippen molar-refractivity contribution >= 4 is 29.2 Å². The summed E-state index contributed by atoms with van der Waals surface area (Å²) in [5, 5.41) is 2.78. The van der Waals surface area contributed by atoms with E-state index in [9.17, 15) is 9.59 Å². The first kappa shape index (κ1) is 26.6. The number of nitrogens with two attached hydrogens (primary N) is 1. The van der Waals surface area contributed by atoms with E-state index in [0.717, 1.165) is 24.0 Å². The van der Waals surface area contributed by atoms with Gasteiger partial charge in [0.05, 0.1) is 6.04 Å². The summed E-state index contributed by atoms with van der Waals surface area (Å²) in [6, 6.07) is 12.1. The molecule has 1 aliphatic heterocycles. The first-order valence-electron chi connectivity index (χ1n) is 13.2. The van der Waals surface area contributed by atoms with Crippen molar-refractivity contribution in [3.05, 3.63) is 96.2 Å². The Morgan fingerprint density at radius 3 is 2.67 bits per heavy atom. The summed E-state index contributed by atoms with van der Waals surface area (Å²) in [6.07, 6.45) is 12.0. The number of anilines is 2. The van der Waals surface area contributed by atoms with Gasteiger partial charge in [-0.1, -0.05) is 36.4 Å². The lowest BCUT2D eigenvalue weighted by molar-refractivity contribution is 0.102. The molecule has 3 aromatic heterocycles. The Morgan fingerprint density at radius 2 is 1.95 bits per heavy atom. The monoisotopic (exact) mass is 537 g/mol. The second-order valence-electron chi connectivity index (χ2n) is 9.37. The number of nitrogen functional groups attached to an aromatic ring is 1. The van der Waals surface area contributed by atoms with Gasteiger partial charge in [-0.25, -0.2) is 19.7 Å². The molecular formula is C30H31N7O3. The molecule has 4 aromatic rings. The standard InChI is InChI=1S/C30H31N7O3/c1-3-8-20(4-2)19-40-30(39)36-17-7-9-23(36)28-35-25(26-27(31)33-16-18-37(26)28)21-11-13-22(14-12-21)29(38)34-24-10-5-6-15-32-24/h3-6,8,10-16,18,23H,7,9,17,19H2,1-2H3,(H2,31,33)(H,32,34,38)/b8-3-,20-4+. The zero-order valence-electron chi connectivity index (χ0n) is 22.4. The number of amides is 2. The van der Waals surface area contributed by atoms with Crippen LogP contribution >= 0.6 is 0 Å². The zero-order chi connectivity index (χ0) is 28.1. The summed E-state index contributed by atoms with van der Waals surface area (Å²) in [5.74, 6) is 1.22. The summed E-state index contributed by atoms with van der Waals surface area (Å²) in [5.41, 5.74) is 9.78. The fourth-order valence-electron chi connectivity index (χ4n) is 4.85. The highest BCUT2D eigenvalue weighted by Crippen LogP contribution is 2.36. The molecule has 0 aliphatic carbocycles. The van der Waals surface area contributed by atoms with E-state index in [1.54, 1.807) is 53.8 Å². The summed E-state index contributed by atoms with van der Waals surface area (Å²) >= 11 is 0. The van der Waals surface area contributed by atoms with Crippen LogP contribution in [0.1, 0.15) is 48.9 Å². The number of nitrogens with zero attached hydrogens (tertiary/aromatic N) is 5. The van der Waals surface area contributed by atoms with Gasteiger partial charge in [0.15, 0.2) is 0 Å². The molecule has 0 saturated carbocycles. The van der Waals surface area contributed by atoms with Crippen molar-refractivity contribution < 1.29 is 14.3 Å². The van der Waals surface area contributed by atoms with Gasteiger partial charge in [0.2, 0.25) is 0 Å². The van der Waals surface area contributed by atoms with Crippen molar-refractivity contribution in [3.8, 4) is 11.3 Å². The normalized spacial score (nSPS) is 15.6. The van der Waals surface area contributed by atoms with Crippen molar-refractivity contribution in [1.82, 2.24) is 24.3 Å². The Bertz CT molecular complexity index is 1580. The molecule has 40 heavy (non-hydrogen) atoms. The fraction of sp³-hybridized carbons (Fsp3) is 0.233. The number of hydrogen-bond donors (Lipinski definition) is 2. The molecule has 1 fully saturated rings. The highest BCUT2D eigenvalue weighted by atomic mass is 16.6. The summed E-state index contributed by atoms with van der Waals surface area (Å²) in [4.78, 5) is 40.9. The Kier molecular flexibility index (Phi) is 7.86. The number of likely N-dealkylation sites (tertiary alicyclic amines) is 1. The summed E-state index contributed by atoms with van der Waals surface area (Å²) in [7, 11) is 0. The number of aromatic nitrogens is 4. The van der Waals surface area contributed by atoms with Crippen molar-refractivity contribution in [1.29, 1.82) is 0 Å². The fourth-order valence-corrected chi connectivity index (χ4v) is 4.85. The van der Waals surface area contributed by atoms with Gasteiger partial charge in [-0.3, -0.25) is 14.1 Å². The Labute approximate surface area is 232 Å². The first-order valence-corrected chi connectivity index (χ1v) is 13.2. The van der Waals surface area contributed by atoms with E-state index in [0.29, 0.717) is 40.8 Å². The number of rotatable bonds is 7. The topological polar surface area (TPSA) is 128 Å². The van der Waals surface area contributed by atoms with Crippen molar-refractivity contribution in [2.75, 3.05) is 24.2 Å². The van der Waals surface area contributed by atoms with Gasteiger partial charge in [0.25, 0.3) is 5.91 Å². The number of fused-ring (bicyclic) bond motifs is 1. The Morgan fingerprint density at radius 1 is 1.12 bits per heavy atom. The maximum atomic E-state index is 13.1. The predicted octanol–water partition coefficient (Wildman–Crippen LogP) is 5.42. The van der Waals surface area contributed by atoms with Crippen molar-refractivity contribution in [3.63, 3.8) is 0 Å². The molecule has 10 heteroatoms. The second kappa shape index (κ2) is 11.8. The number of ether oxygens (including phenoxy) is 1. The van der Waals surface area contributed by atoms with E-state index in [-0.39, 0.29) is 24.6 Å². The summed E-state index contributed by atoms with van der Waals surface area (Å²) in [6.45, 7) is 4.61. The van der Waals surface area contributed by atoms with Gasteiger partial charge >= 0.3 is 6.09 Å². The van der Waals surface area contributed by atoms with Gasteiger partial charge in [-0.15, -0.1) is 0 Å². The first-order chi connectivity index (χ1) is 19.5. The largest absolute Gasteiger partial charge is 0.445 e. The number of allylic oxidation sites excluding steroid dienone is 2. The molecule has 3 N–H and O–H groups in total. The molecule has 10 nitrogen and oxygen atoms in total. The van der Waals surface area contributed by atoms with E-state index < -0.39 is 0 Å². The van der Waals surface area contributed by atoms with Crippen LogP contribution in [0.4, 0.5) is 16.4 Å². The smallest absolute Gasteiger partial charge is 0.410 e. The minimum absolute atomic E-state index is 0.202. The molecule has 204 valence electrons. The van der Waals surface area contributed by atoms with Crippen LogP contribution in [-0.4, -0.2) is 49.4 Å². The minimum atomic E-state index is -0.380. The Hall–Kier alpha value is -4.99. The van der Waals surface area contributed by atoms with Crippen LogP contribution in [0.3, 0.4) is 0 Å². The van der Waals surface area contributed by atoms with E-state index in [1.807, 2.05) is 48.6 Å². The highest BCUT2D eigenvalue weighted by Gasteiger charge is 2.35. The van der Waals surface area contributed by atoms with Crippen LogP contribution in [0.15, 0.2) is 84.9 Å². The lowest BCUT2D eigenvalue weighted by Crippen LogP contribution is -2.32. The van der Waals surface area contributed by atoms with Crippen LogP contribution in [0.2, 0.25) is 0 Å². The number of pyridine rings is 1. The Balaban J connectivity index is 1.43. The van der Waals surface area contributed by atoms with Crippen LogP contribution in [0, 0.1) is 0 Å². The molecule has 4 heterocycles. The molecule has 0 bridgehead atoms. The van der Waals surface area contributed by atoms with Gasteiger partial charge in [0.1, 0.15) is 35.3 Å². The third-order valence-electron chi connectivity index (χ3n) is 6.84. The van der Waals surface area contributed by atoms with Crippen LogP contribution in [0.5, 0.6) is 0 Å². The zero-order valence-corrected chi connectivity index (χ0v) is 22.4. The van der Waals surface area contributed by atoms with Crippen molar-refractivity contribution in [2.45, 2.75) is 32.7 Å². The maximum Gasteiger partial charge on any atom is 0.410 e. The molecular weight excluding hydrogens is 506 g/mol. The molecule has 1 saturated heterocycles. The van der Waals surface area contributed by atoms with E-state index in [2.05, 4.69) is 15.3 Å². The lowest BCUT2D eigenvalue weighted by Gasteiger charge is -2.23. The molecule has 1 atom stereocenters. The maximum absolute atomic E-state index is 13.1. The third-order valence-corrected chi connectivity index (χ3v) is 6.84. The molecule has 5 rings (SSSR count). The average molecular weight is 538 g/mol. The molecule has 2 amide bonds. The third kappa shape index (κ3) is 5.42. The van der Waals surface area contributed by atoms with Gasteiger partial charge < -0.3 is 15.8 Å². The molecule has 0 radical (unpaired) electrons. The highest BCUT2D eigenvalue weighted by molar-refractivity contribution is 6.04. The quantitative estimate of drug-likeness (QED) is 0.301. The minimum Gasteiger partial charge on any atom is -0.445 e. The van der Waals surface area contributed by atoms with Crippen LogP contribution in [-0.2, 0) is 4.74 Å². The number of nitrogens with one attached hydrogen (secondary N) is 1. The number of carbonyl (C=O) groups excluding carboxylic acids is 2. The van der Waals surface area contributed by atoms with Crippen molar-refractivity contribution in [2.24, 2.45) is 0 Å². The van der Waals surface area contributed by atoms with E-state index in [4.69, 9.17) is 15.5 Å². The van der Waals surface area contributed by atoms with E-state index in [1.165, 1.54) is 0 Å². The van der Waals surface area contributed by atoms with E-state index >= 15 is 0 Å². The van der Waals surface area contributed by atoms with Crippen LogP contribution in [0.25, 0.3) is 16.8 Å². The number of hydrogen-bond acceptors (Lipinski definition) is 7. The van der Waals surface area contributed by atoms with Gasteiger partial charge in [0, 0.05) is 36.3 Å². The SMILES string of the molecule is C/C=C\C(=C/C)COC(=O)N1CCCC1c1nc(-c2ccc(C(=O)Nc3ccccn3)cc2)c2c(N)nccn12. The molecule has 1 aromatic carbocycles. The summed E-state index contributed by atoms with van der Waals surface area (Å²) < 4.78 is 7.54. The average Bonchev–Trinajstić information content (AvgIpc) is 3.62. The number of benzene rings is 1. The lowest BCUT2D eigenvalue weighted by atomic mass is 10.1. The van der Waals surface area contributed by atoms with Gasteiger partial charge in [-0.05, 0) is 56.5 Å². The second-order valence-corrected chi connectivity index (χ2v) is 9.37. The predicted molar refractivity (Wildman–Crippen MR) is 154 cm³/mol. The molecule has 1 aliphatic rings. The molecule has 0 spiro atoms. The number of carbonyl (C=O) groups is 2. The van der Waals surface area contributed by atoms with Crippen LogP contribution < -0.4 is 11.1 Å². The molecule has 1 unspecified atom stereocenters. The number of imidazole rings is 1. The van der Waals surface area contributed by atoms with Gasteiger partial charge in [-0.2, -0.15) is 0 Å².